The fraction of sp³-hybridized carbons (Fsp3) is 0.154. The van der Waals surface area contributed by atoms with E-state index >= 15 is 0 Å². The number of benzene rings is 3. The predicted octanol–water partition coefficient (Wildman–Crippen LogP) is 4.95. The van der Waals surface area contributed by atoms with Crippen LogP contribution in [0.2, 0.25) is 0 Å². The molecule has 0 saturated carbocycles. The lowest BCUT2D eigenvalue weighted by atomic mass is 10.0. The molecule has 2 amide bonds. The van der Waals surface area contributed by atoms with Crippen molar-refractivity contribution >= 4 is 28.4 Å². The second kappa shape index (κ2) is 9.39. The van der Waals surface area contributed by atoms with E-state index in [1.165, 1.54) is 6.92 Å². The van der Waals surface area contributed by atoms with Crippen molar-refractivity contribution in [2.45, 2.75) is 26.3 Å². The number of carbonyl (C=O) groups excluding carboxylic acids is 2. The second-order valence-electron chi connectivity index (χ2n) is 7.75. The van der Waals surface area contributed by atoms with Gasteiger partial charge in [-0.2, -0.15) is 0 Å². The smallest absolute Gasteiger partial charge is 0.247 e. The number of aromatic nitrogens is 1. The zero-order chi connectivity index (χ0) is 22.5. The zero-order valence-electron chi connectivity index (χ0n) is 18.0. The Labute approximate surface area is 186 Å². The summed E-state index contributed by atoms with van der Waals surface area (Å²) in [4.78, 5) is 27.9. The second-order valence-corrected chi connectivity index (χ2v) is 7.75. The molecular weight excluding hydrogens is 402 g/mol. The SMILES string of the molecule is CC(=O)N[C@@H](Cc1c[nH]c2ccccc12)C(=O)Nc1ccc(Oc2cccc(C)c2)cc1. The first-order valence-corrected chi connectivity index (χ1v) is 10.5. The first-order chi connectivity index (χ1) is 15.5. The normalized spacial score (nSPS) is 11.7. The van der Waals surface area contributed by atoms with Crippen LogP contribution in [0.5, 0.6) is 11.5 Å². The third-order valence-corrected chi connectivity index (χ3v) is 5.14. The van der Waals surface area contributed by atoms with Gasteiger partial charge in [0.1, 0.15) is 17.5 Å². The van der Waals surface area contributed by atoms with E-state index in [4.69, 9.17) is 4.74 Å². The number of amides is 2. The molecule has 0 aliphatic carbocycles. The maximum Gasteiger partial charge on any atom is 0.247 e. The summed E-state index contributed by atoms with van der Waals surface area (Å²) < 4.78 is 5.86. The lowest BCUT2D eigenvalue weighted by molar-refractivity contribution is -0.125. The zero-order valence-corrected chi connectivity index (χ0v) is 18.0. The van der Waals surface area contributed by atoms with E-state index in [0.717, 1.165) is 27.8 Å². The Morgan fingerprint density at radius 2 is 1.75 bits per heavy atom. The Hall–Kier alpha value is -4.06. The number of hydrogen-bond acceptors (Lipinski definition) is 3. The fourth-order valence-corrected chi connectivity index (χ4v) is 3.63. The van der Waals surface area contributed by atoms with Gasteiger partial charge in [-0.1, -0.05) is 30.3 Å². The Morgan fingerprint density at radius 3 is 2.50 bits per heavy atom. The highest BCUT2D eigenvalue weighted by Gasteiger charge is 2.21. The van der Waals surface area contributed by atoms with E-state index in [-0.39, 0.29) is 11.8 Å². The molecule has 162 valence electrons. The Kier molecular flexibility index (Phi) is 6.22. The van der Waals surface area contributed by atoms with Crippen LogP contribution in [-0.2, 0) is 16.0 Å². The number of carbonyl (C=O) groups is 2. The number of anilines is 1. The van der Waals surface area contributed by atoms with Gasteiger partial charge in [0.25, 0.3) is 0 Å². The highest BCUT2D eigenvalue weighted by molar-refractivity contribution is 5.97. The Balaban J connectivity index is 1.45. The minimum Gasteiger partial charge on any atom is -0.457 e. The van der Waals surface area contributed by atoms with Crippen LogP contribution in [0.4, 0.5) is 5.69 Å². The third kappa shape index (κ3) is 5.16. The van der Waals surface area contributed by atoms with Gasteiger partial charge < -0.3 is 20.4 Å². The summed E-state index contributed by atoms with van der Waals surface area (Å²) in [6.07, 6.45) is 2.26. The summed E-state index contributed by atoms with van der Waals surface area (Å²) >= 11 is 0. The highest BCUT2D eigenvalue weighted by Crippen LogP contribution is 2.24. The van der Waals surface area contributed by atoms with Crippen molar-refractivity contribution in [1.82, 2.24) is 10.3 Å². The quantitative estimate of drug-likeness (QED) is 0.390. The Morgan fingerprint density at radius 1 is 0.969 bits per heavy atom. The molecule has 1 heterocycles. The third-order valence-electron chi connectivity index (χ3n) is 5.14. The summed E-state index contributed by atoms with van der Waals surface area (Å²) in [6.45, 7) is 3.42. The molecule has 3 aromatic carbocycles. The topological polar surface area (TPSA) is 83.2 Å². The first kappa shape index (κ1) is 21.2. The van der Waals surface area contributed by atoms with Crippen LogP contribution in [0.1, 0.15) is 18.1 Å². The van der Waals surface area contributed by atoms with Gasteiger partial charge in [-0.3, -0.25) is 9.59 Å². The summed E-state index contributed by atoms with van der Waals surface area (Å²) in [7, 11) is 0. The molecule has 4 rings (SSSR count). The fourth-order valence-electron chi connectivity index (χ4n) is 3.63. The van der Waals surface area contributed by atoms with Gasteiger partial charge in [0.05, 0.1) is 0 Å². The lowest BCUT2D eigenvalue weighted by Gasteiger charge is -2.17. The largest absolute Gasteiger partial charge is 0.457 e. The molecule has 32 heavy (non-hydrogen) atoms. The van der Waals surface area contributed by atoms with Gasteiger partial charge in [0, 0.05) is 36.1 Å². The summed E-state index contributed by atoms with van der Waals surface area (Å²) in [5.74, 6) is 0.891. The number of para-hydroxylation sites is 1. The summed E-state index contributed by atoms with van der Waals surface area (Å²) in [5.41, 5.74) is 3.71. The maximum absolute atomic E-state index is 13.0. The van der Waals surface area contributed by atoms with Gasteiger partial charge in [-0.05, 0) is 60.5 Å². The summed E-state index contributed by atoms with van der Waals surface area (Å²) in [6, 6.07) is 22.1. The van der Waals surface area contributed by atoms with Gasteiger partial charge in [-0.15, -0.1) is 0 Å². The molecule has 0 saturated heterocycles. The average molecular weight is 428 g/mol. The minimum atomic E-state index is -0.699. The molecule has 0 aliphatic heterocycles. The standard InChI is InChI=1S/C26H25N3O3/c1-17-6-5-7-22(14-17)32-21-12-10-20(11-13-21)29-26(31)25(28-18(2)30)15-19-16-27-24-9-4-3-8-23(19)24/h3-14,16,25,27H,15H2,1-2H3,(H,28,30)(H,29,31)/t25-/m0/s1. The van der Waals surface area contributed by atoms with Crippen molar-refractivity contribution < 1.29 is 14.3 Å². The maximum atomic E-state index is 13.0. The van der Waals surface area contributed by atoms with Crippen LogP contribution in [-0.4, -0.2) is 22.8 Å². The highest BCUT2D eigenvalue weighted by atomic mass is 16.5. The molecule has 0 bridgehead atoms. The molecule has 0 aliphatic rings. The molecular formula is C26H25N3O3. The molecule has 4 aromatic rings. The van der Waals surface area contributed by atoms with Gasteiger partial charge in [0.15, 0.2) is 0 Å². The number of rotatable bonds is 7. The number of nitrogens with one attached hydrogen (secondary N) is 3. The average Bonchev–Trinajstić information content (AvgIpc) is 3.17. The van der Waals surface area contributed by atoms with Crippen molar-refractivity contribution in [2.24, 2.45) is 0 Å². The molecule has 0 unspecified atom stereocenters. The number of aryl methyl sites for hydroxylation is 1. The van der Waals surface area contributed by atoms with Crippen molar-refractivity contribution in [2.75, 3.05) is 5.32 Å². The molecule has 0 fully saturated rings. The first-order valence-electron chi connectivity index (χ1n) is 10.5. The van der Waals surface area contributed by atoms with Crippen molar-refractivity contribution in [3.63, 3.8) is 0 Å². The number of fused-ring (bicyclic) bond motifs is 1. The number of ether oxygens (including phenoxy) is 1. The van der Waals surface area contributed by atoms with Crippen LogP contribution < -0.4 is 15.4 Å². The van der Waals surface area contributed by atoms with Gasteiger partial charge in [-0.25, -0.2) is 0 Å². The van der Waals surface area contributed by atoms with Gasteiger partial charge in [0.2, 0.25) is 11.8 Å². The van der Waals surface area contributed by atoms with E-state index in [9.17, 15) is 9.59 Å². The van der Waals surface area contributed by atoms with E-state index in [1.54, 1.807) is 24.3 Å². The van der Waals surface area contributed by atoms with Crippen molar-refractivity contribution in [3.05, 3.63) is 90.1 Å². The van der Waals surface area contributed by atoms with Crippen LogP contribution in [0.15, 0.2) is 79.0 Å². The molecule has 0 spiro atoms. The van der Waals surface area contributed by atoms with Crippen LogP contribution >= 0.6 is 0 Å². The van der Waals surface area contributed by atoms with Crippen LogP contribution in [0, 0.1) is 6.92 Å². The predicted molar refractivity (Wildman–Crippen MR) is 126 cm³/mol. The molecule has 3 N–H and O–H groups in total. The number of aromatic amines is 1. The minimum absolute atomic E-state index is 0.258. The monoisotopic (exact) mass is 427 g/mol. The van der Waals surface area contributed by atoms with Gasteiger partial charge >= 0.3 is 0 Å². The van der Waals surface area contributed by atoms with E-state index in [0.29, 0.717) is 17.9 Å². The molecule has 0 radical (unpaired) electrons. The molecule has 6 heteroatoms. The number of H-pyrrole nitrogens is 1. The van der Waals surface area contributed by atoms with Crippen molar-refractivity contribution in [3.8, 4) is 11.5 Å². The lowest BCUT2D eigenvalue weighted by Crippen LogP contribution is -2.44. The van der Waals surface area contributed by atoms with E-state index in [1.807, 2.05) is 61.7 Å². The van der Waals surface area contributed by atoms with Crippen LogP contribution in [0.25, 0.3) is 10.9 Å². The molecule has 6 nitrogen and oxygen atoms in total. The number of hydrogen-bond donors (Lipinski definition) is 3. The van der Waals surface area contributed by atoms with E-state index in [2.05, 4.69) is 15.6 Å². The Bertz CT molecular complexity index is 1240. The molecule has 1 aromatic heterocycles. The van der Waals surface area contributed by atoms with Crippen molar-refractivity contribution in [1.29, 1.82) is 0 Å². The van der Waals surface area contributed by atoms with E-state index < -0.39 is 6.04 Å². The summed E-state index contributed by atoms with van der Waals surface area (Å²) in [5, 5.41) is 6.69. The molecule has 1 atom stereocenters. The van der Waals surface area contributed by atoms with Crippen LogP contribution in [0.3, 0.4) is 0 Å².